The fourth-order valence-electron chi connectivity index (χ4n) is 2.61. The molecule has 1 saturated heterocycles. The van der Waals surface area contributed by atoms with Crippen molar-refractivity contribution in [2.24, 2.45) is 5.73 Å². The van der Waals surface area contributed by atoms with Gasteiger partial charge in [-0.3, -0.25) is 0 Å². The van der Waals surface area contributed by atoms with Crippen molar-refractivity contribution in [1.82, 2.24) is 0 Å². The maximum Gasteiger partial charge on any atom is 0.416 e. The summed E-state index contributed by atoms with van der Waals surface area (Å²) >= 11 is 7.61. The van der Waals surface area contributed by atoms with Crippen LogP contribution >= 0.6 is 23.4 Å². The van der Waals surface area contributed by atoms with Gasteiger partial charge in [-0.15, -0.1) is 0 Å². The first-order valence-corrected chi connectivity index (χ1v) is 8.17. The van der Waals surface area contributed by atoms with E-state index in [1.807, 2.05) is 0 Å². The van der Waals surface area contributed by atoms with E-state index in [2.05, 4.69) is 12.2 Å². The first-order chi connectivity index (χ1) is 9.77. The molecule has 21 heavy (non-hydrogen) atoms. The molecule has 3 N–H and O–H groups in total. The first-order valence-electron chi connectivity index (χ1n) is 6.74. The Labute approximate surface area is 131 Å². The zero-order chi connectivity index (χ0) is 15.7. The van der Waals surface area contributed by atoms with Crippen molar-refractivity contribution >= 4 is 29.1 Å². The van der Waals surface area contributed by atoms with Crippen molar-refractivity contribution in [2.75, 3.05) is 17.6 Å². The molecule has 2 unspecified atom stereocenters. The molecule has 0 amide bonds. The van der Waals surface area contributed by atoms with Crippen molar-refractivity contribution in [3.8, 4) is 0 Å². The molecule has 1 fully saturated rings. The molecule has 2 nitrogen and oxygen atoms in total. The number of thioether (sulfide) groups is 1. The van der Waals surface area contributed by atoms with E-state index < -0.39 is 17.3 Å². The summed E-state index contributed by atoms with van der Waals surface area (Å²) in [4.78, 5) is 0. The highest BCUT2D eigenvalue weighted by molar-refractivity contribution is 8.00. The third-order valence-corrected chi connectivity index (χ3v) is 5.59. The van der Waals surface area contributed by atoms with Gasteiger partial charge in [-0.05, 0) is 36.8 Å². The Bertz CT molecular complexity index is 509. The molecule has 1 aliphatic heterocycles. The predicted molar refractivity (Wildman–Crippen MR) is 83.0 cm³/mol. The average molecular weight is 339 g/mol. The number of rotatable bonds is 3. The lowest BCUT2D eigenvalue weighted by atomic mass is 9.89. The van der Waals surface area contributed by atoms with Gasteiger partial charge in [0.2, 0.25) is 0 Å². The molecule has 1 aromatic carbocycles. The van der Waals surface area contributed by atoms with E-state index in [4.69, 9.17) is 17.3 Å². The summed E-state index contributed by atoms with van der Waals surface area (Å²) in [5.41, 5.74) is 5.14. The second kappa shape index (κ2) is 6.26. The van der Waals surface area contributed by atoms with Crippen LogP contribution in [0.5, 0.6) is 0 Å². The molecular formula is C14H18ClF3N2S. The van der Waals surface area contributed by atoms with Gasteiger partial charge < -0.3 is 11.1 Å². The molecule has 118 valence electrons. The van der Waals surface area contributed by atoms with Gasteiger partial charge in [0.25, 0.3) is 0 Å². The molecule has 0 saturated carbocycles. The second-order valence-corrected chi connectivity index (χ2v) is 7.21. The van der Waals surface area contributed by atoms with Crippen LogP contribution in [0.3, 0.4) is 0 Å². The fraction of sp³-hybridized carbons (Fsp3) is 0.571. The van der Waals surface area contributed by atoms with Crippen LogP contribution in [0.2, 0.25) is 5.02 Å². The Morgan fingerprint density at radius 2 is 2.14 bits per heavy atom. The summed E-state index contributed by atoms with van der Waals surface area (Å²) in [5, 5.41) is 3.51. The van der Waals surface area contributed by atoms with Gasteiger partial charge in [0, 0.05) is 22.5 Å². The lowest BCUT2D eigenvalue weighted by molar-refractivity contribution is -0.137. The number of alkyl halides is 3. The molecule has 1 heterocycles. The summed E-state index contributed by atoms with van der Waals surface area (Å²) in [7, 11) is 0. The summed E-state index contributed by atoms with van der Waals surface area (Å²) in [6.07, 6.45) is -2.58. The quantitative estimate of drug-likeness (QED) is 0.858. The van der Waals surface area contributed by atoms with Crippen LogP contribution in [0.1, 0.15) is 25.3 Å². The minimum Gasteiger partial charge on any atom is -0.377 e. The van der Waals surface area contributed by atoms with Crippen LogP contribution in [-0.4, -0.2) is 23.1 Å². The Kier molecular flexibility index (Phi) is 5.00. The van der Waals surface area contributed by atoms with E-state index in [1.54, 1.807) is 11.8 Å². The van der Waals surface area contributed by atoms with Crippen molar-refractivity contribution in [3.63, 3.8) is 0 Å². The normalized spacial score (nSPS) is 26.7. The maximum atomic E-state index is 12.9. The van der Waals surface area contributed by atoms with Crippen LogP contribution < -0.4 is 11.1 Å². The van der Waals surface area contributed by atoms with Crippen molar-refractivity contribution in [1.29, 1.82) is 0 Å². The summed E-state index contributed by atoms with van der Waals surface area (Å²) in [6.45, 7) is 2.42. The molecule has 0 bridgehead atoms. The van der Waals surface area contributed by atoms with Gasteiger partial charge >= 0.3 is 6.18 Å². The zero-order valence-corrected chi connectivity index (χ0v) is 13.2. The highest BCUT2D eigenvalue weighted by Gasteiger charge is 2.38. The Hall–Kier alpha value is -0.590. The van der Waals surface area contributed by atoms with Gasteiger partial charge in [-0.1, -0.05) is 18.5 Å². The van der Waals surface area contributed by atoms with Crippen LogP contribution in [0, 0.1) is 0 Å². The standard InChI is InChI=1S/C14H18ClF3N2S/c1-9-13(8-19,3-2-4-21-9)20-12-6-10(14(16,17)18)5-11(15)7-12/h5-7,9,20H,2-4,8,19H2,1H3. The molecule has 0 aliphatic carbocycles. The smallest absolute Gasteiger partial charge is 0.377 e. The third-order valence-electron chi connectivity index (χ3n) is 3.90. The van der Waals surface area contributed by atoms with Gasteiger partial charge in [0.05, 0.1) is 11.1 Å². The predicted octanol–water partition coefficient (Wildman–Crippen LogP) is 4.38. The van der Waals surface area contributed by atoms with Crippen LogP contribution in [0.4, 0.5) is 18.9 Å². The SMILES string of the molecule is CC1SCCCC1(CN)Nc1cc(Cl)cc(C(F)(F)F)c1. The Morgan fingerprint density at radius 1 is 1.43 bits per heavy atom. The number of hydrogen-bond acceptors (Lipinski definition) is 3. The summed E-state index contributed by atoms with van der Waals surface area (Å²) < 4.78 is 38.6. The van der Waals surface area contributed by atoms with Gasteiger partial charge in [0.15, 0.2) is 0 Å². The van der Waals surface area contributed by atoms with E-state index in [9.17, 15) is 13.2 Å². The molecule has 0 spiro atoms. The monoisotopic (exact) mass is 338 g/mol. The van der Waals surface area contributed by atoms with Crippen molar-refractivity contribution in [2.45, 2.75) is 36.7 Å². The summed E-state index contributed by atoms with van der Waals surface area (Å²) in [5.74, 6) is 1.05. The molecule has 0 aromatic heterocycles. The molecule has 0 radical (unpaired) electrons. The van der Waals surface area contributed by atoms with Crippen LogP contribution in [0.25, 0.3) is 0 Å². The molecular weight excluding hydrogens is 321 g/mol. The highest BCUT2D eigenvalue weighted by atomic mass is 35.5. The molecule has 2 rings (SSSR count). The highest BCUT2D eigenvalue weighted by Crippen LogP contribution is 2.38. The molecule has 1 aliphatic rings. The average Bonchev–Trinajstić information content (AvgIpc) is 2.40. The molecule has 1 aromatic rings. The number of nitrogens with two attached hydrogens (primary N) is 1. The summed E-state index contributed by atoms with van der Waals surface area (Å²) in [6, 6.07) is 3.54. The van der Waals surface area contributed by atoms with E-state index in [0.29, 0.717) is 12.2 Å². The third kappa shape index (κ3) is 3.79. The largest absolute Gasteiger partial charge is 0.416 e. The van der Waals surface area contributed by atoms with E-state index in [0.717, 1.165) is 30.7 Å². The fourth-order valence-corrected chi connectivity index (χ4v) is 4.10. The van der Waals surface area contributed by atoms with E-state index >= 15 is 0 Å². The number of nitrogens with one attached hydrogen (secondary N) is 1. The lowest BCUT2D eigenvalue weighted by Crippen LogP contribution is -2.54. The van der Waals surface area contributed by atoms with Gasteiger partial charge in [-0.25, -0.2) is 0 Å². The molecule has 2 atom stereocenters. The zero-order valence-electron chi connectivity index (χ0n) is 11.6. The van der Waals surface area contributed by atoms with Crippen molar-refractivity contribution in [3.05, 3.63) is 28.8 Å². The minimum absolute atomic E-state index is 0.0654. The van der Waals surface area contributed by atoms with E-state index in [-0.39, 0.29) is 10.3 Å². The minimum atomic E-state index is -4.41. The topological polar surface area (TPSA) is 38.0 Å². The first kappa shape index (κ1) is 16.8. The Morgan fingerprint density at radius 3 is 2.71 bits per heavy atom. The second-order valence-electron chi connectivity index (χ2n) is 5.33. The Balaban J connectivity index is 2.31. The molecule has 7 heteroatoms. The number of halogens is 4. The van der Waals surface area contributed by atoms with Crippen LogP contribution in [-0.2, 0) is 6.18 Å². The van der Waals surface area contributed by atoms with Gasteiger partial charge in [-0.2, -0.15) is 24.9 Å². The van der Waals surface area contributed by atoms with Gasteiger partial charge in [0.1, 0.15) is 0 Å². The van der Waals surface area contributed by atoms with E-state index in [1.165, 1.54) is 6.07 Å². The van der Waals surface area contributed by atoms with Crippen LogP contribution in [0.15, 0.2) is 18.2 Å². The lowest BCUT2D eigenvalue weighted by Gasteiger charge is -2.43. The number of benzene rings is 1. The number of hydrogen-bond donors (Lipinski definition) is 2. The van der Waals surface area contributed by atoms with Crippen molar-refractivity contribution < 1.29 is 13.2 Å². The maximum absolute atomic E-state index is 12.9. The number of anilines is 1.